The van der Waals surface area contributed by atoms with Crippen LogP contribution in [0.1, 0.15) is 29.6 Å². The van der Waals surface area contributed by atoms with Crippen molar-refractivity contribution in [3.8, 4) is 0 Å². The number of benzene rings is 1. The van der Waals surface area contributed by atoms with E-state index in [-0.39, 0.29) is 12.0 Å². The molecule has 1 aliphatic rings. The fourth-order valence-electron chi connectivity index (χ4n) is 2.39. The Morgan fingerprint density at radius 1 is 1.43 bits per heavy atom. The van der Waals surface area contributed by atoms with Gasteiger partial charge in [0.25, 0.3) is 5.91 Å². The average Bonchev–Trinajstić information content (AvgIpc) is 2.48. The predicted octanol–water partition coefficient (Wildman–Crippen LogP) is 3.07. The maximum atomic E-state index is 12.5. The summed E-state index contributed by atoms with van der Waals surface area (Å²) in [6.45, 7) is 2.77. The Labute approximate surface area is 138 Å². The molecular weight excluding hydrogens is 356 g/mol. The molecule has 0 radical (unpaired) electrons. The van der Waals surface area contributed by atoms with Crippen LogP contribution in [0.3, 0.4) is 0 Å². The standard InChI is InChI=1S/C15H20BrClN2O2/c16-11-2-3-13(14(17)10-11)15(20)19-7-4-12(5-8-19)21-9-1-6-18/h2-3,10,12H,1,4-9,18H2. The minimum atomic E-state index is -0.00657. The number of carbonyl (C=O) groups excluding carboxylic acids is 1. The molecular formula is C15H20BrClN2O2. The normalized spacial score (nSPS) is 16.2. The number of amides is 1. The second-order valence-electron chi connectivity index (χ2n) is 5.13. The number of nitrogens with two attached hydrogens (primary N) is 1. The number of halogens is 2. The van der Waals surface area contributed by atoms with E-state index < -0.39 is 0 Å². The van der Waals surface area contributed by atoms with Gasteiger partial charge in [0.05, 0.1) is 16.7 Å². The Balaban J connectivity index is 1.88. The molecule has 4 nitrogen and oxygen atoms in total. The van der Waals surface area contributed by atoms with Crippen LogP contribution in [0.2, 0.25) is 5.02 Å². The third-order valence-electron chi connectivity index (χ3n) is 3.59. The summed E-state index contributed by atoms with van der Waals surface area (Å²) >= 11 is 9.49. The molecule has 1 saturated heterocycles. The van der Waals surface area contributed by atoms with Crippen LogP contribution < -0.4 is 5.73 Å². The molecule has 0 aromatic heterocycles. The Morgan fingerprint density at radius 3 is 2.76 bits per heavy atom. The third kappa shape index (κ3) is 4.68. The largest absolute Gasteiger partial charge is 0.378 e. The van der Waals surface area contributed by atoms with Crippen molar-refractivity contribution in [2.45, 2.75) is 25.4 Å². The summed E-state index contributed by atoms with van der Waals surface area (Å²) in [5, 5.41) is 0.482. The monoisotopic (exact) mass is 374 g/mol. The summed E-state index contributed by atoms with van der Waals surface area (Å²) in [5.41, 5.74) is 6.00. The smallest absolute Gasteiger partial charge is 0.255 e. The van der Waals surface area contributed by atoms with Gasteiger partial charge in [0, 0.05) is 24.2 Å². The van der Waals surface area contributed by atoms with Crippen molar-refractivity contribution in [1.29, 1.82) is 0 Å². The van der Waals surface area contributed by atoms with Crippen LogP contribution in [-0.2, 0) is 4.74 Å². The van der Waals surface area contributed by atoms with E-state index in [4.69, 9.17) is 22.1 Å². The number of hydrogen-bond donors (Lipinski definition) is 1. The number of nitrogens with zero attached hydrogens (tertiary/aromatic N) is 1. The quantitative estimate of drug-likeness (QED) is 0.805. The molecule has 1 aliphatic heterocycles. The lowest BCUT2D eigenvalue weighted by atomic mass is 10.1. The molecule has 1 aromatic carbocycles. The van der Waals surface area contributed by atoms with Crippen LogP contribution in [0.5, 0.6) is 0 Å². The molecule has 1 amide bonds. The SMILES string of the molecule is NCCCOC1CCN(C(=O)c2ccc(Br)cc2Cl)CC1. The zero-order chi connectivity index (χ0) is 15.2. The van der Waals surface area contributed by atoms with Gasteiger partial charge < -0.3 is 15.4 Å². The van der Waals surface area contributed by atoms with Crippen molar-refractivity contribution >= 4 is 33.4 Å². The van der Waals surface area contributed by atoms with E-state index in [1.54, 1.807) is 12.1 Å². The number of rotatable bonds is 5. The lowest BCUT2D eigenvalue weighted by molar-refractivity contribution is 0.00845. The Kier molecular flexibility index (Phi) is 6.48. The van der Waals surface area contributed by atoms with Gasteiger partial charge in [-0.2, -0.15) is 0 Å². The highest BCUT2D eigenvalue weighted by Gasteiger charge is 2.25. The van der Waals surface area contributed by atoms with E-state index in [0.29, 0.717) is 36.8 Å². The zero-order valence-corrected chi connectivity index (χ0v) is 14.2. The van der Waals surface area contributed by atoms with Crippen LogP contribution in [-0.4, -0.2) is 43.2 Å². The first-order chi connectivity index (χ1) is 10.1. The second kappa shape index (κ2) is 8.13. The van der Waals surface area contributed by atoms with E-state index in [2.05, 4.69) is 15.9 Å². The van der Waals surface area contributed by atoms with Crippen molar-refractivity contribution < 1.29 is 9.53 Å². The molecule has 0 aliphatic carbocycles. The molecule has 1 heterocycles. The highest BCUT2D eigenvalue weighted by molar-refractivity contribution is 9.10. The third-order valence-corrected chi connectivity index (χ3v) is 4.40. The minimum Gasteiger partial charge on any atom is -0.378 e. The van der Waals surface area contributed by atoms with Crippen molar-refractivity contribution in [2.24, 2.45) is 5.73 Å². The first kappa shape index (κ1) is 16.7. The molecule has 1 aromatic rings. The molecule has 116 valence electrons. The van der Waals surface area contributed by atoms with Crippen LogP contribution in [0, 0.1) is 0 Å². The first-order valence-electron chi connectivity index (χ1n) is 7.18. The molecule has 0 bridgehead atoms. The second-order valence-corrected chi connectivity index (χ2v) is 6.45. The van der Waals surface area contributed by atoms with Gasteiger partial charge in [-0.15, -0.1) is 0 Å². The lowest BCUT2D eigenvalue weighted by Gasteiger charge is -2.32. The van der Waals surface area contributed by atoms with Crippen LogP contribution >= 0.6 is 27.5 Å². The topological polar surface area (TPSA) is 55.6 Å². The maximum absolute atomic E-state index is 12.5. The van der Waals surface area contributed by atoms with E-state index in [0.717, 1.165) is 23.7 Å². The number of hydrogen-bond acceptors (Lipinski definition) is 3. The number of carbonyl (C=O) groups is 1. The highest BCUT2D eigenvalue weighted by atomic mass is 79.9. The zero-order valence-electron chi connectivity index (χ0n) is 11.9. The van der Waals surface area contributed by atoms with Gasteiger partial charge in [-0.1, -0.05) is 27.5 Å². The Bertz CT molecular complexity index is 491. The summed E-state index contributed by atoms with van der Waals surface area (Å²) in [7, 11) is 0. The van der Waals surface area contributed by atoms with Gasteiger partial charge in [0.1, 0.15) is 0 Å². The molecule has 2 rings (SSSR count). The van der Waals surface area contributed by atoms with Crippen LogP contribution in [0.25, 0.3) is 0 Å². The minimum absolute atomic E-state index is 0.00657. The number of piperidine rings is 1. The summed E-state index contributed by atoms with van der Waals surface area (Å²) in [5.74, 6) is -0.00657. The van der Waals surface area contributed by atoms with Gasteiger partial charge in [0.15, 0.2) is 0 Å². The summed E-state index contributed by atoms with van der Waals surface area (Å²) in [6.07, 6.45) is 2.85. The molecule has 6 heteroatoms. The van der Waals surface area contributed by atoms with Crippen LogP contribution in [0.4, 0.5) is 0 Å². The lowest BCUT2D eigenvalue weighted by Crippen LogP contribution is -2.41. The summed E-state index contributed by atoms with van der Waals surface area (Å²) < 4.78 is 6.62. The fourth-order valence-corrected chi connectivity index (χ4v) is 3.15. The molecule has 0 atom stereocenters. The van der Waals surface area contributed by atoms with Crippen LogP contribution in [0.15, 0.2) is 22.7 Å². The molecule has 0 unspecified atom stereocenters. The fraction of sp³-hybridized carbons (Fsp3) is 0.533. The summed E-state index contributed by atoms with van der Waals surface area (Å²) in [6, 6.07) is 5.35. The van der Waals surface area contributed by atoms with Gasteiger partial charge in [-0.05, 0) is 44.0 Å². The van der Waals surface area contributed by atoms with Crippen molar-refractivity contribution in [3.05, 3.63) is 33.3 Å². The molecule has 21 heavy (non-hydrogen) atoms. The Hall–Kier alpha value is -0.620. The molecule has 0 saturated carbocycles. The van der Waals surface area contributed by atoms with Crippen molar-refractivity contribution in [3.63, 3.8) is 0 Å². The maximum Gasteiger partial charge on any atom is 0.255 e. The number of ether oxygens (including phenoxy) is 1. The van der Waals surface area contributed by atoms with E-state index in [1.165, 1.54) is 0 Å². The van der Waals surface area contributed by atoms with E-state index >= 15 is 0 Å². The van der Waals surface area contributed by atoms with Gasteiger partial charge in [-0.3, -0.25) is 4.79 Å². The highest BCUT2D eigenvalue weighted by Crippen LogP contribution is 2.24. The van der Waals surface area contributed by atoms with E-state index in [9.17, 15) is 4.79 Å². The van der Waals surface area contributed by atoms with Crippen molar-refractivity contribution in [2.75, 3.05) is 26.2 Å². The van der Waals surface area contributed by atoms with E-state index in [1.807, 2.05) is 11.0 Å². The number of likely N-dealkylation sites (tertiary alicyclic amines) is 1. The Morgan fingerprint density at radius 2 is 2.14 bits per heavy atom. The van der Waals surface area contributed by atoms with Gasteiger partial charge >= 0.3 is 0 Å². The summed E-state index contributed by atoms with van der Waals surface area (Å²) in [4.78, 5) is 14.3. The first-order valence-corrected chi connectivity index (χ1v) is 8.35. The predicted molar refractivity (Wildman–Crippen MR) is 87.7 cm³/mol. The average molecular weight is 376 g/mol. The van der Waals surface area contributed by atoms with Gasteiger partial charge in [0.2, 0.25) is 0 Å². The molecule has 1 fully saturated rings. The van der Waals surface area contributed by atoms with Crippen molar-refractivity contribution in [1.82, 2.24) is 4.90 Å². The van der Waals surface area contributed by atoms with Gasteiger partial charge in [-0.25, -0.2) is 0 Å². The molecule has 2 N–H and O–H groups in total. The molecule has 0 spiro atoms.